The SMILES string of the molecule is CCOC(C(=O)N1CCCC(N2CCNC2=O)C1)c1ccccc1. The van der Waals surface area contributed by atoms with Gasteiger partial charge in [0.25, 0.3) is 5.91 Å². The standard InChI is InChI=1S/C18H25N3O3/c1-2-24-16(14-7-4-3-5-8-14)17(22)20-11-6-9-15(13-20)21-12-10-19-18(21)23/h3-5,7-8,15-16H,2,6,9-13H2,1H3,(H,19,23). The molecule has 2 heterocycles. The first-order valence-electron chi connectivity index (χ1n) is 8.70. The zero-order chi connectivity index (χ0) is 16.9. The highest BCUT2D eigenvalue weighted by atomic mass is 16.5. The van der Waals surface area contributed by atoms with E-state index < -0.39 is 6.10 Å². The maximum Gasteiger partial charge on any atom is 0.317 e. The van der Waals surface area contributed by atoms with Gasteiger partial charge < -0.3 is 19.9 Å². The molecule has 2 unspecified atom stereocenters. The van der Waals surface area contributed by atoms with Crippen molar-refractivity contribution in [3.63, 3.8) is 0 Å². The molecular formula is C18H25N3O3. The van der Waals surface area contributed by atoms with Crippen LogP contribution in [0.5, 0.6) is 0 Å². The highest BCUT2D eigenvalue weighted by Crippen LogP contribution is 2.24. The van der Waals surface area contributed by atoms with E-state index in [4.69, 9.17) is 4.74 Å². The summed E-state index contributed by atoms with van der Waals surface area (Å²) < 4.78 is 5.74. The minimum atomic E-state index is -0.567. The average molecular weight is 331 g/mol. The lowest BCUT2D eigenvalue weighted by Gasteiger charge is -2.38. The van der Waals surface area contributed by atoms with Gasteiger partial charge in [-0.1, -0.05) is 30.3 Å². The molecule has 0 saturated carbocycles. The maximum atomic E-state index is 13.0. The van der Waals surface area contributed by atoms with Gasteiger partial charge in [-0.3, -0.25) is 4.79 Å². The third-order valence-corrected chi connectivity index (χ3v) is 4.70. The molecule has 0 aromatic heterocycles. The lowest BCUT2D eigenvalue weighted by atomic mass is 10.0. The second kappa shape index (κ2) is 7.66. The zero-order valence-corrected chi connectivity index (χ0v) is 14.1. The number of nitrogens with zero attached hydrogens (tertiary/aromatic N) is 2. The molecule has 1 aromatic rings. The van der Waals surface area contributed by atoms with Crippen molar-refractivity contribution in [1.82, 2.24) is 15.1 Å². The van der Waals surface area contributed by atoms with Gasteiger partial charge in [0.15, 0.2) is 6.10 Å². The first-order valence-corrected chi connectivity index (χ1v) is 8.70. The molecule has 6 heteroatoms. The summed E-state index contributed by atoms with van der Waals surface area (Å²) in [5.74, 6) is -0.00708. The van der Waals surface area contributed by atoms with Crippen LogP contribution in [0.15, 0.2) is 30.3 Å². The number of urea groups is 1. The number of ether oxygens (including phenoxy) is 1. The molecule has 1 aromatic carbocycles. The highest BCUT2D eigenvalue weighted by molar-refractivity contribution is 5.83. The van der Waals surface area contributed by atoms with E-state index in [0.29, 0.717) is 19.7 Å². The first-order chi connectivity index (χ1) is 11.7. The van der Waals surface area contributed by atoms with Crippen LogP contribution in [-0.4, -0.2) is 60.6 Å². The molecule has 0 radical (unpaired) electrons. The molecule has 0 aliphatic carbocycles. The van der Waals surface area contributed by atoms with Gasteiger partial charge >= 0.3 is 6.03 Å². The van der Waals surface area contributed by atoms with Gasteiger partial charge in [-0.15, -0.1) is 0 Å². The van der Waals surface area contributed by atoms with E-state index in [1.807, 2.05) is 47.1 Å². The normalized spacial score (nSPS) is 22.4. The van der Waals surface area contributed by atoms with Crippen LogP contribution >= 0.6 is 0 Å². The van der Waals surface area contributed by atoms with Gasteiger partial charge in [0.1, 0.15) is 0 Å². The van der Waals surface area contributed by atoms with E-state index in [1.54, 1.807) is 0 Å². The van der Waals surface area contributed by atoms with Gasteiger partial charge in [0.2, 0.25) is 0 Å². The summed E-state index contributed by atoms with van der Waals surface area (Å²) in [6.45, 7) is 5.10. The molecule has 2 aliphatic heterocycles. The quantitative estimate of drug-likeness (QED) is 0.895. The lowest BCUT2D eigenvalue weighted by Crippen LogP contribution is -2.51. The van der Waals surface area contributed by atoms with Crippen molar-refractivity contribution in [2.24, 2.45) is 0 Å². The summed E-state index contributed by atoms with van der Waals surface area (Å²) in [5, 5.41) is 2.84. The van der Waals surface area contributed by atoms with E-state index in [0.717, 1.165) is 31.5 Å². The van der Waals surface area contributed by atoms with Crippen molar-refractivity contribution in [3.05, 3.63) is 35.9 Å². The molecule has 3 amide bonds. The Kier molecular flexibility index (Phi) is 5.35. The molecule has 6 nitrogen and oxygen atoms in total. The van der Waals surface area contributed by atoms with Gasteiger partial charge in [0.05, 0.1) is 6.04 Å². The summed E-state index contributed by atoms with van der Waals surface area (Å²) in [7, 11) is 0. The number of rotatable bonds is 5. The van der Waals surface area contributed by atoms with Crippen molar-refractivity contribution < 1.29 is 14.3 Å². The minimum absolute atomic E-state index is 0.00708. The number of hydrogen-bond donors (Lipinski definition) is 1. The van der Waals surface area contributed by atoms with E-state index in [2.05, 4.69) is 5.32 Å². The smallest absolute Gasteiger partial charge is 0.317 e. The van der Waals surface area contributed by atoms with Crippen molar-refractivity contribution in [2.75, 3.05) is 32.8 Å². The Morgan fingerprint density at radius 3 is 2.79 bits per heavy atom. The van der Waals surface area contributed by atoms with Crippen molar-refractivity contribution >= 4 is 11.9 Å². The van der Waals surface area contributed by atoms with E-state index in [9.17, 15) is 9.59 Å². The topological polar surface area (TPSA) is 61.9 Å². The summed E-state index contributed by atoms with van der Waals surface area (Å²) in [6.07, 6.45) is 1.29. The summed E-state index contributed by atoms with van der Waals surface area (Å²) in [5.41, 5.74) is 0.880. The number of benzene rings is 1. The minimum Gasteiger partial charge on any atom is -0.364 e. The third-order valence-electron chi connectivity index (χ3n) is 4.70. The molecule has 2 aliphatic rings. The van der Waals surface area contributed by atoms with E-state index in [-0.39, 0.29) is 18.0 Å². The first kappa shape index (κ1) is 16.8. The Hall–Kier alpha value is -2.08. The van der Waals surface area contributed by atoms with Crippen LogP contribution in [-0.2, 0) is 9.53 Å². The van der Waals surface area contributed by atoms with Crippen LogP contribution in [0.4, 0.5) is 4.79 Å². The van der Waals surface area contributed by atoms with Gasteiger partial charge in [0, 0.05) is 32.8 Å². The maximum absolute atomic E-state index is 13.0. The molecule has 2 atom stereocenters. The van der Waals surface area contributed by atoms with Gasteiger partial charge in [-0.25, -0.2) is 4.79 Å². The molecule has 2 fully saturated rings. The Bertz CT molecular complexity index is 578. The van der Waals surface area contributed by atoms with Crippen LogP contribution in [0.1, 0.15) is 31.4 Å². The Morgan fingerprint density at radius 1 is 1.33 bits per heavy atom. The molecule has 0 spiro atoms. The Balaban J connectivity index is 1.71. The third kappa shape index (κ3) is 3.53. The summed E-state index contributed by atoms with van der Waals surface area (Å²) in [4.78, 5) is 28.6. The number of nitrogens with one attached hydrogen (secondary N) is 1. The van der Waals surface area contributed by atoms with Crippen LogP contribution in [0.3, 0.4) is 0 Å². The summed E-state index contributed by atoms with van der Waals surface area (Å²) in [6, 6.07) is 9.70. The van der Waals surface area contributed by atoms with E-state index >= 15 is 0 Å². The van der Waals surface area contributed by atoms with Crippen molar-refractivity contribution in [2.45, 2.75) is 31.9 Å². The van der Waals surface area contributed by atoms with Crippen LogP contribution in [0.2, 0.25) is 0 Å². The number of piperidine rings is 1. The number of likely N-dealkylation sites (tertiary alicyclic amines) is 1. The fourth-order valence-corrected chi connectivity index (χ4v) is 3.51. The van der Waals surface area contributed by atoms with Gasteiger partial charge in [-0.2, -0.15) is 0 Å². The zero-order valence-electron chi connectivity index (χ0n) is 14.1. The molecule has 3 rings (SSSR count). The van der Waals surface area contributed by atoms with Crippen LogP contribution in [0.25, 0.3) is 0 Å². The Morgan fingerprint density at radius 2 is 2.12 bits per heavy atom. The summed E-state index contributed by atoms with van der Waals surface area (Å²) >= 11 is 0. The van der Waals surface area contributed by atoms with Crippen molar-refractivity contribution in [3.8, 4) is 0 Å². The monoisotopic (exact) mass is 331 g/mol. The fraction of sp³-hybridized carbons (Fsp3) is 0.556. The second-order valence-electron chi connectivity index (χ2n) is 6.25. The van der Waals surface area contributed by atoms with Crippen LogP contribution in [0, 0.1) is 0 Å². The average Bonchev–Trinajstić information content (AvgIpc) is 3.06. The molecule has 0 bridgehead atoms. The lowest BCUT2D eigenvalue weighted by molar-refractivity contribution is -0.146. The predicted octanol–water partition coefficient (Wildman–Crippen LogP) is 1.78. The molecule has 2 saturated heterocycles. The van der Waals surface area contributed by atoms with Gasteiger partial charge in [-0.05, 0) is 25.3 Å². The number of carbonyl (C=O) groups is 2. The molecule has 130 valence electrons. The number of carbonyl (C=O) groups excluding carboxylic acids is 2. The fourth-order valence-electron chi connectivity index (χ4n) is 3.51. The Labute approximate surface area is 142 Å². The highest BCUT2D eigenvalue weighted by Gasteiger charge is 2.35. The second-order valence-corrected chi connectivity index (χ2v) is 6.25. The largest absolute Gasteiger partial charge is 0.364 e. The van der Waals surface area contributed by atoms with E-state index in [1.165, 1.54) is 0 Å². The van der Waals surface area contributed by atoms with Crippen molar-refractivity contribution in [1.29, 1.82) is 0 Å². The molecule has 1 N–H and O–H groups in total. The predicted molar refractivity (Wildman–Crippen MR) is 90.5 cm³/mol. The molecular weight excluding hydrogens is 306 g/mol. The number of hydrogen-bond acceptors (Lipinski definition) is 3. The van der Waals surface area contributed by atoms with Crippen LogP contribution < -0.4 is 5.32 Å². The number of amides is 3. The molecule has 24 heavy (non-hydrogen) atoms.